The summed E-state index contributed by atoms with van der Waals surface area (Å²) >= 11 is 1.37. The molecule has 3 nitrogen and oxygen atoms in total. The number of fused-ring (bicyclic) bond motifs is 1. The van der Waals surface area contributed by atoms with Gasteiger partial charge >= 0.3 is 5.97 Å². The van der Waals surface area contributed by atoms with E-state index in [2.05, 4.69) is 6.92 Å². The van der Waals surface area contributed by atoms with Crippen molar-refractivity contribution >= 4 is 33.2 Å². The van der Waals surface area contributed by atoms with Crippen molar-refractivity contribution in [1.82, 2.24) is 0 Å². The van der Waals surface area contributed by atoms with Gasteiger partial charge in [-0.15, -0.1) is 11.3 Å². The Morgan fingerprint density at radius 2 is 1.79 bits per heavy atom. The van der Waals surface area contributed by atoms with Gasteiger partial charge in [-0.25, -0.2) is 4.79 Å². The molecule has 0 fully saturated rings. The predicted molar refractivity (Wildman–Crippen MR) is 96.9 cm³/mol. The van der Waals surface area contributed by atoms with E-state index in [9.17, 15) is 9.59 Å². The van der Waals surface area contributed by atoms with Crippen LogP contribution in [0.1, 0.15) is 39.4 Å². The van der Waals surface area contributed by atoms with Crippen molar-refractivity contribution in [3.8, 4) is 0 Å². The van der Waals surface area contributed by atoms with Gasteiger partial charge < -0.3 is 4.74 Å². The third-order valence-electron chi connectivity index (χ3n) is 3.93. The standard InChI is InChI=1S/C20H18O3S/c1-3-14-8-10-15(11-9-14)19(21)13(2)23-20(22)18-12-16-6-4-5-7-17(16)24-18/h4-13H,3H2,1-2H3/t13-/m0/s1. The number of aryl methyl sites for hydroxylation is 1. The molecule has 1 heterocycles. The van der Waals surface area contributed by atoms with Gasteiger partial charge in [0.1, 0.15) is 4.88 Å². The van der Waals surface area contributed by atoms with Gasteiger partial charge in [0, 0.05) is 10.3 Å². The molecule has 1 aromatic heterocycles. The molecule has 4 heteroatoms. The quantitative estimate of drug-likeness (QED) is 0.491. The van der Waals surface area contributed by atoms with Crippen LogP contribution in [0.2, 0.25) is 0 Å². The molecule has 3 rings (SSSR count). The topological polar surface area (TPSA) is 43.4 Å². The Hall–Kier alpha value is -2.46. The fourth-order valence-electron chi connectivity index (χ4n) is 2.49. The van der Waals surface area contributed by atoms with Crippen LogP contribution in [0, 0.1) is 0 Å². The second-order valence-electron chi connectivity index (χ2n) is 5.61. The van der Waals surface area contributed by atoms with E-state index in [1.165, 1.54) is 16.9 Å². The van der Waals surface area contributed by atoms with Gasteiger partial charge in [0.15, 0.2) is 6.10 Å². The first-order valence-corrected chi connectivity index (χ1v) is 8.73. The number of rotatable bonds is 5. The molecule has 0 aliphatic rings. The molecule has 0 saturated heterocycles. The molecule has 0 saturated carbocycles. The number of ketones is 1. The summed E-state index contributed by atoms with van der Waals surface area (Å²) in [7, 11) is 0. The monoisotopic (exact) mass is 338 g/mol. The van der Waals surface area contributed by atoms with Crippen LogP contribution >= 0.6 is 11.3 Å². The van der Waals surface area contributed by atoms with E-state index in [0.717, 1.165) is 16.5 Å². The molecule has 0 spiro atoms. The molecule has 1 atom stereocenters. The Labute approximate surface area is 144 Å². The first-order valence-electron chi connectivity index (χ1n) is 7.91. The fourth-order valence-corrected chi connectivity index (χ4v) is 3.44. The van der Waals surface area contributed by atoms with Crippen LogP contribution in [0.15, 0.2) is 54.6 Å². The van der Waals surface area contributed by atoms with E-state index in [0.29, 0.717) is 10.4 Å². The van der Waals surface area contributed by atoms with Crippen molar-refractivity contribution in [3.63, 3.8) is 0 Å². The largest absolute Gasteiger partial charge is 0.450 e. The molecule has 24 heavy (non-hydrogen) atoms. The second kappa shape index (κ2) is 6.97. The zero-order chi connectivity index (χ0) is 17.1. The van der Waals surface area contributed by atoms with Crippen molar-refractivity contribution in [2.24, 2.45) is 0 Å². The maximum absolute atomic E-state index is 12.4. The molecule has 0 bridgehead atoms. The lowest BCUT2D eigenvalue weighted by molar-refractivity contribution is 0.0323. The number of carbonyl (C=O) groups is 2. The summed E-state index contributed by atoms with van der Waals surface area (Å²) in [4.78, 5) is 25.2. The number of ether oxygens (including phenoxy) is 1. The number of hydrogen-bond acceptors (Lipinski definition) is 4. The van der Waals surface area contributed by atoms with E-state index in [-0.39, 0.29) is 5.78 Å². The van der Waals surface area contributed by atoms with Gasteiger partial charge in [-0.3, -0.25) is 4.79 Å². The second-order valence-corrected chi connectivity index (χ2v) is 6.69. The van der Waals surface area contributed by atoms with Crippen molar-refractivity contribution in [2.75, 3.05) is 0 Å². The van der Waals surface area contributed by atoms with Crippen LogP contribution in [0.4, 0.5) is 0 Å². The van der Waals surface area contributed by atoms with Crippen molar-refractivity contribution in [2.45, 2.75) is 26.4 Å². The fraction of sp³-hybridized carbons (Fsp3) is 0.200. The molecular formula is C20H18O3S. The van der Waals surface area contributed by atoms with Crippen LogP contribution in [0.5, 0.6) is 0 Å². The molecule has 3 aromatic rings. The zero-order valence-electron chi connectivity index (χ0n) is 13.6. The van der Waals surface area contributed by atoms with Crippen molar-refractivity contribution < 1.29 is 14.3 Å². The van der Waals surface area contributed by atoms with Gasteiger partial charge in [0.25, 0.3) is 0 Å². The normalized spacial score (nSPS) is 12.1. The summed E-state index contributed by atoms with van der Waals surface area (Å²) in [6.45, 7) is 3.67. The summed E-state index contributed by atoms with van der Waals surface area (Å²) in [5.41, 5.74) is 1.73. The van der Waals surface area contributed by atoms with Gasteiger partial charge in [-0.05, 0) is 36.4 Å². The lowest BCUT2D eigenvalue weighted by atomic mass is 10.0. The van der Waals surface area contributed by atoms with E-state index in [1.54, 1.807) is 25.1 Å². The lowest BCUT2D eigenvalue weighted by Crippen LogP contribution is -2.24. The molecule has 122 valence electrons. The van der Waals surface area contributed by atoms with E-state index in [1.807, 2.05) is 36.4 Å². The highest BCUT2D eigenvalue weighted by Crippen LogP contribution is 2.26. The third kappa shape index (κ3) is 3.39. The summed E-state index contributed by atoms with van der Waals surface area (Å²) in [6, 6.07) is 17.0. The predicted octanol–water partition coefficient (Wildman–Crippen LogP) is 4.89. The molecule has 0 N–H and O–H groups in total. The minimum atomic E-state index is -0.810. The van der Waals surface area contributed by atoms with Crippen LogP contribution in [-0.4, -0.2) is 17.9 Å². The number of hydrogen-bond donors (Lipinski definition) is 0. The molecular weight excluding hydrogens is 320 g/mol. The number of benzene rings is 2. The Bertz CT molecular complexity index is 844. The highest BCUT2D eigenvalue weighted by molar-refractivity contribution is 7.20. The molecule has 0 radical (unpaired) electrons. The van der Waals surface area contributed by atoms with E-state index < -0.39 is 12.1 Å². The smallest absolute Gasteiger partial charge is 0.349 e. The summed E-state index contributed by atoms with van der Waals surface area (Å²) in [6.07, 6.45) is 0.112. The van der Waals surface area contributed by atoms with Crippen molar-refractivity contribution in [1.29, 1.82) is 0 Å². The average molecular weight is 338 g/mol. The zero-order valence-corrected chi connectivity index (χ0v) is 14.4. The van der Waals surface area contributed by atoms with Crippen LogP contribution in [-0.2, 0) is 11.2 Å². The lowest BCUT2D eigenvalue weighted by Gasteiger charge is -2.11. The maximum Gasteiger partial charge on any atom is 0.349 e. The summed E-state index contributed by atoms with van der Waals surface area (Å²) < 4.78 is 6.39. The minimum Gasteiger partial charge on any atom is -0.450 e. The van der Waals surface area contributed by atoms with E-state index in [4.69, 9.17) is 4.74 Å². The van der Waals surface area contributed by atoms with Gasteiger partial charge in [-0.1, -0.05) is 49.4 Å². The Morgan fingerprint density at radius 3 is 2.46 bits per heavy atom. The minimum absolute atomic E-state index is 0.188. The summed E-state index contributed by atoms with van der Waals surface area (Å²) in [5, 5.41) is 1.00. The first-order chi connectivity index (χ1) is 11.6. The molecule has 0 unspecified atom stereocenters. The van der Waals surface area contributed by atoms with Crippen molar-refractivity contribution in [3.05, 3.63) is 70.6 Å². The molecule has 2 aromatic carbocycles. The number of esters is 1. The number of thiophene rings is 1. The van der Waals surface area contributed by atoms with Crippen LogP contribution < -0.4 is 0 Å². The Balaban J connectivity index is 1.71. The SMILES string of the molecule is CCc1ccc(C(=O)[C@H](C)OC(=O)c2cc3ccccc3s2)cc1. The molecule has 0 amide bonds. The van der Waals surface area contributed by atoms with Crippen LogP contribution in [0.25, 0.3) is 10.1 Å². The highest BCUT2D eigenvalue weighted by Gasteiger charge is 2.21. The highest BCUT2D eigenvalue weighted by atomic mass is 32.1. The molecule has 0 aliphatic heterocycles. The third-order valence-corrected chi connectivity index (χ3v) is 5.02. The average Bonchev–Trinajstić information content (AvgIpc) is 3.05. The van der Waals surface area contributed by atoms with Gasteiger partial charge in [0.05, 0.1) is 0 Å². The van der Waals surface area contributed by atoms with Gasteiger partial charge in [0.2, 0.25) is 5.78 Å². The van der Waals surface area contributed by atoms with Crippen LogP contribution in [0.3, 0.4) is 0 Å². The number of Topliss-reactive ketones (excluding diaryl/α,β-unsaturated/α-hetero) is 1. The number of carbonyl (C=O) groups excluding carboxylic acids is 2. The Morgan fingerprint density at radius 1 is 1.08 bits per heavy atom. The molecule has 0 aliphatic carbocycles. The summed E-state index contributed by atoms with van der Waals surface area (Å²) in [5.74, 6) is -0.644. The van der Waals surface area contributed by atoms with Gasteiger partial charge in [-0.2, -0.15) is 0 Å². The maximum atomic E-state index is 12.4. The van der Waals surface area contributed by atoms with E-state index >= 15 is 0 Å². The first kappa shape index (κ1) is 16.4. The Kier molecular flexibility index (Phi) is 4.76.